The number of hydrogen-bond acceptors (Lipinski definition) is 6. The summed E-state index contributed by atoms with van der Waals surface area (Å²) in [5, 5.41) is 7.99. The quantitative estimate of drug-likeness (QED) is 0.167. The molecule has 296 valence electrons. The van der Waals surface area contributed by atoms with Gasteiger partial charge in [0.25, 0.3) is 0 Å². The zero-order chi connectivity index (χ0) is 41.3. The minimum absolute atomic E-state index is 0.552. The van der Waals surface area contributed by atoms with Crippen LogP contribution in [0, 0.1) is 0 Å². The first-order valence-corrected chi connectivity index (χ1v) is 21.1. The van der Waals surface area contributed by atoms with E-state index in [9.17, 15) is 0 Å². The molecule has 6 aliphatic carbocycles. The van der Waals surface area contributed by atoms with Gasteiger partial charge in [-0.25, -0.2) is 0 Å². The van der Waals surface area contributed by atoms with E-state index < -0.39 is 10.8 Å². The molecule has 9 aromatic rings. The van der Waals surface area contributed by atoms with Crippen LogP contribution in [0.5, 0.6) is 34.5 Å². The second-order valence-electron chi connectivity index (χ2n) is 17.5. The lowest BCUT2D eigenvalue weighted by Gasteiger charge is -2.40. The molecule has 0 radical (unpaired) electrons. The van der Waals surface area contributed by atoms with E-state index in [1.54, 1.807) is 42.7 Å². The summed E-state index contributed by atoms with van der Waals surface area (Å²) in [7, 11) is 10.3. The fraction of sp³-hybridized carbons (Fsp3) is 0.143. The number of methoxy groups -OCH3 is 6. The Morgan fingerprint density at radius 3 is 0.565 bits per heavy atom. The summed E-state index contributed by atoms with van der Waals surface area (Å²) in [6.07, 6.45) is 0. The molecule has 0 bridgehead atoms. The molecule has 0 atom stereocenters. The molecule has 0 saturated heterocycles. The van der Waals surface area contributed by atoms with Gasteiger partial charge in [0.1, 0.15) is 0 Å². The van der Waals surface area contributed by atoms with E-state index >= 15 is 0 Å². The summed E-state index contributed by atoms with van der Waals surface area (Å²) >= 11 is 0. The Hall–Kier alpha value is -7.44. The Bertz CT molecular complexity index is 3110. The third kappa shape index (κ3) is 3.12. The molecule has 15 rings (SSSR count). The molecule has 9 aromatic carbocycles. The molecule has 0 saturated carbocycles. The average molecular weight is 805 g/mol. The van der Waals surface area contributed by atoms with E-state index in [4.69, 9.17) is 28.4 Å². The van der Waals surface area contributed by atoms with E-state index in [1.165, 1.54) is 132 Å². The zero-order valence-electron chi connectivity index (χ0n) is 34.8. The standard InChI is InChI=1S/C56H36O6/c1-57-43-19-31-25-7-13-37-52-38(14-8-26(49(25)52)32(31)20-44(43)58-2)56-41-17-11-29-35-23-47(61-5)45(59-3)21-33(35)27-9-15-39(53(41)50(27)29)55(37,56)40-16-10-28-34-22-46(60-4)48(62-6)24-36(34)30-12-18-42(56)54(40)51(28)30/h7-24H,1-6H3. The van der Waals surface area contributed by atoms with Crippen LogP contribution in [0.1, 0.15) is 33.4 Å². The van der Waals surface area contributed by atoms with Gasteiger partial charge in [0, 0.05) is 0 Å². The number of benzene rings is 9. The SMILES string of the molecule is COc1cc2c(cc1OC)-c1ccc3c4c(ccc-2c14)C12c4ccc5c6c(ccc(c46)C31c1ccc3c4c(ccc2c14)-c1cc(OC)c(OC)cc1-3)-c1cc(OC)c(OC)cc1-5. The van der Waals surface area contributed by atoms with Crippen molar-refractivity contribution in [3.05, 3.63) is 143 Å². The summed E-state index contributed by atoms with van der Waals surface area (Å²) in [4.78, 5) is 0. The second-order valence-corrected chi connectivity index (χ2v) is 17.5. The number of hydrogen-bond donors (Lipinski definition) is 0. The molecule has 0 unspecified atom stereocenters. The van der Waals surface area contributed by atoms with Gasteiger partial charge in [0.2, 0.25) is 0 Å². The molecule has 0 fully saturated rings. The van der Waals surface area contributed by atoms with Gasteiger partial charge in [-0.3, -0.25) is 0 Å². The highest BCUT2D eigenvalue weighted by atomic mass is 16.5. The molecule has 0 aliphatic heterocycles. The van der Waals surface area contributed by atoms with Gasteiger partial charge < -0.3 is 28.4 Å². The Balaban J connectivity index is 1.10. The molecule has 0 amide bonds. The first kappa shape index (κ1) is 33.3. The topological polar surface area (TPSA) is 55.4 Å². The normalized spacial score (nSPS) is 18.3. The fourth-order valence-electron chi connectivity index (χ4n) is 13.8. The van der Waals surface area contributed by atoms with Crippen molar-refractivity contribution in [2.75, 3.05) is 42.7 Å². The van der Waals surface area contributed by atoms with Crippen molar-refractivity contribution < 1.29 is 28.4 Å². The third-order valence-corrected chi connectivity index (χ3v) is 15.8. The molecule has 0 aromatic heterocycles. The van der Waals surface area contributed by atoms with Crippen molar-refractivity contribution in [2.45, 2.75) is 10.8 Å². The lowest BCUT2D eigenvalue weighted by atomic mass is 9.59. The van der Waals surface area contributed by atoms with Crippen LogP contribution in [0.25, 0.3) is 99.1 Å². The fourth-order valence-corrected chi connectivity index (χ4v) is 13.8. The minimum atomic E-state index is -0.552. The van der Waals surface area contributed by atoms with Gasteiger partial charge in [-0.2, -0.15) is 0 Å². The Kier molecular flexibility index (Phi) is 5.65. The van der Waals surface area contributed by atoms with Crippen LogP contribution >= 0.6 is 0 Å². The second kappa shape index (κ2) is 10.5. The van der Waals surface area contributed by atoms with Crippen molar-refractivity contribution in [1.29, 1.82) is 0 Å². The summed E-state index contributed by atoms with van der Waals surface area (Å²) in [6, 6.07) is 42.0. The Morgan fingerprint density at radius 1 is 0.226 bits per heavy atom. The molecular formula is C56H36O6. The molecule has 62 heavy (non-hydrogen) atoms. The van der Waals surface area contributed by atoms with Crippen molar-refractivity contribution in [3.8, 4) is 101 Å². The number of rotatable bonds is 6. The first-order valence-electron chi connectivity index (χ1n) is 21.1. The smallest absolute Gasteiger partial charge is 0.161 e. The summed E-state index contributed by atoms with van der Waals surface area (Å²) in [6.45, 7) is 0. The molecule has 6 aliphatic rings. The molecule has 0 spiro atoms. The van der Waals surface area contributed by atoms with Gasteiger partial charge in [-0.1, -0.05) is 72.8 Å². The van der Waals surface area contributed by atoms with Crippen LogP contribution in [-0.2, 0) is 10.8 Å². The number of fused-ring (bicyclic) bond motifs is 9. The van der Waals surface area contributed by atoms with E-state index in [-0.39, 0.29) is 0 Å². The van der Waals surface area contributed by atoms with Crippen LogP contribution in [0.4, 0.5) is 0 Å². The third-order valence-electron chi connectivity index (χ3n) is 15.8. The summed E-state index contributed by atoms with van der Waals surface area (Å²) in [5.41, 5.74) is 21.5. The molecular weight excluding hydrogens is 769 g/mol. The zero-order valence-corrected chi connectivity index (χ0v) is 34.8. The van der Waals surface area contributed by atoms with Crippen molar-refractivity contribution in [1.82, 2.24) is 0 Å². The van der Waals surface area contributed by atoms with Crippen LogP contribution in [-0.4, -0.2) is 42.7 Å². The maximum absolute atomic E-state index is 5.87. The minimum Gasteiger partial charge on any atom is -0.493 e. The predicted molar refractivity (Wildman–Crippen MR) is 244 cm³/mol. The van der Waals surface area contributed by atoms with Crippen LogP contribution < -0.4 is 28.4 Å². The lowest BCUT2D eigenvalue weighted by Crippen LogP contribution is -2.42. The highest BCUT2D eigenvalue weighted by molar-refractivity contribution is 6.27. The van der Waals surface area contributed by atoms with Gasteiger partial charge in [0.05, 0.1) is 53.5 Å². The Morgan fingerprint density at radius 2 is 0.403 bits per heavy atom. The van der Waals surface area contributed by atoms with E-state index in [2.05, 4.69) is 109 Å². The van der Waals surface area contributed by atoms with Crippen molar-refractivity contribution in [3.63, 3.8) is 0 Å². The highest BCUT2D eigenvalue weighted by Crippen LogP contribution is 2.78. The average Bonchev–Trinajstić information content (AvgIpc) is 4.10. The monoisotopic (exact) mass is 804 g/mol. The van der Waals surface area contributed by atoms with Gasteiger partial charge in [-0.15, -0.1) is 0 Å². The van der Waals surface area contributed by atoms with Gasteiger partial charge in [0.15, 0.2) is 34.5 Å². The van der Waals surface area contributed by atoms with Crippen LogP contribution in [0.15, 0.2) is 109 Å². The van der Waals surface area contributed by atoms with Crippen molar-refractivity contribution >= 4 is 32.3 Å². The molecule has 0 N–H and O–H groups in total. The Labute approximate surface area is 356 Å². The predicted octanol–water partition coefficient (Wildman–Crippen LogP) is 12.4. The largest absolute Gasteiger partial charge is 0.493 e. The first-order chi connectivity index (χ1) is 30.5. The number of ether oxygens (including phenoxy) is 6. The summed E-state index contributed by atoms with van der Waals surface area (Å²) in [5.74, 6) is 4.42. The van der Waals surface area contributed by atoms with E-state index in [0.717, 1.165) is 34.5 Å². The summed E-state index contributed by atoms with van der Waals surface area (Å²) < 4.78 is 35.2. The van der Waals surface area contributed by atoms with Crippen molar-refractivity contribution in [2.24, 2.45) is 0 Å². The van der Waals surface area contributed by atoms with E-state index in [0.29, 0.717) is 0 Å². The molecule has 0 heterocycles. The lowest BCUT2D eigenvalue weighted by molar-refractivity contribution is 0.355. The van der Waals surface area contributed by atoms with Gasteiger partial charge in [-0.05, 0) is 169 Å². The van der Waals surface area contributed by atoms with Crippen LogP contribution in [0.3, 0.4) is 0 Å². The van der Waals surface area contributed by atoms with E-state index in [1.807, 2.05) is 0 Å². The maximum atomic E-state index is 5.87. The van der Waals surface area contributed by atoms with Crippen LogP contribution in [0.2, 0.25) is 0 Å². The highest BCUT2D eigenvalue weighted by Gasteiger charge is 2.71. The van der Waals surface area contributed by atoms with Gasteiger partial charge >= 0.3 is 0 Å². The molecule has 6 heteroatoms. The maximum Gasteiger partial charge on any atom is 0.161 e. The molecule has 6 nitrogen and oxygen atoms in total.